The van der Waals surface area contributed by atoms with Crippen molar-refractivity contribution in [2.45, 2.75) is 69.7 Å². The average molecular weight is 598 g/mol. The highest BCUT2D eigenvalue weighted by Gasteiger charge is 2.35. The molecule has 0 bridgehead atoms. The maximum Gasteiger partial charge on any atom is 0.410 e. The zero-order valence-corrected chi connectivity index (χ0v) is 25.6. The fourth-order valence-electron chi connectivity index (χ4n) is 5.17. The molecule has 3 aromatic rings. The van der Waals surface area contributed by atoms with Gasteiger partial charge in [-0.25, -0.2) is 14.8 Å². The first-order valence-corrected chi connectivity index (χ1v) is 15.3. The molecular weight excluding hydrogens is 562 g/mol. The van der Waals surface area contributed by atoms with Crippen molar-refractivity contribution in [1.29, 1.82) is 0 Å². The Morgan fingerprint density at radius 3 is 2.61 bits per heavy atom. The minimum absolute atomic E-state index is 0.0181. The summed E-state index contributed by atoms with van der Waals surface area (Å²) in [5.74, 6) is 0.862. The second-order valence-electron chi connectivity index (χ2n) is 11.1. The number of para-hydroxylation sites is 1. The molecule has 0 radical (unpaired) electrons. The number of benzene rings is 1. The van der Waals surface area contributed by atoms with Crippen LogP contribution in [0, 0.1) is 5.92 Å². The molecule has 0 atom stereocenters. The summed E-state index contributed by atoms with van der Waals surface area (Å²) in [6.07, 6.45) is 2.78. The van der Waals surface area contributed by atoms with Crippen LogP contribution in [0.15, 0.2) is 40.5 Å². The van der Waals surface area contributed by atoms with E-state index in [0.29, 0.717) is 17.3 Å². The van der Waals surface area contributed by atoms with Crippen LogP contribution in [-0.4, -0.2) is 64.2 Å². The minimum Gasteiger partial charge on any atom is -0.494 e. The number of fused-ring (bicyclic) bond motifs is 2. The smallest absolute Gasteiger partial charge is 0.410 e. The second kappa shape index (κ2) is 12.2. The highest BCUT2D eigenvalue weighted by atomic mass is 32.2. The predicted molar refractivity (Wildman–Crippen MR) is 161 cm³/mol. The maximum absolute atomic E-state index is 13.4. The van der Waals surface area contributed by atoms with E-state index in [-0.39, 0.29) is 29.7 Å². The van der Waals surface area contributed by atoms with Gasteiger partial charge < -0.3 is 19.6 Å². The second-order valence-corrected chi connectivity index (χ2v) is 13.2. The van der Waals surface area contributed by atoms with Gasteiger partial charge in [0.1, 0.15) is 39.7 Å². The third-order valence-corrected chi connectivity index (χ3v) is 8.97. The van der Waals surface area contributed by atoms with Crippen molar-refractivity contribution in [2.75, 3.05) is 26.1 Å². The van der Waals surface area contributed by atoms with Gasteiger partial charge in [-0.05, 0) is 82.5 Å². The molecule has 10 nitrogen and oxygen atoms in total. The fourth-order valence-corrected chi connectivity index (χ4v) is 6.99. The Morgan fingerprint density at radius 1 is 1.12 bits per heavy atom. The molecule has 2 aromatic heterocycles. The number of anilines is 1. The lowest BCUT2D eigenvalue weighted by Gasteiger charge is -2.37. The molecule has 41 heavy (non-hydrogen) atoms. The van der Waals surface area contributed by atoms with Crippen LogP contribution in [0.3, 0.4) is 0 Å². The molecule has 1 aliphatic carbocycles. The van der Waals surface area contributed by atoms with Gasteiger partial charge in [0, 0.05) is 12.0 Å². The maximum atomic E-state index is 13.4. The van der Waals surface area contributed by atoms with Crippen LogP contribution in [0.5, 0.6) is 5.75 Å². The molecule has 1 saturated carbocycles. The van der Waals surface area contributed by atoms with Gasteiger partial charge in [0.15, 0.2) is 0 Å². The third-order valence-electron chi connectivity index (χ3n) is 7.05. The van der Waals surface area contributed by atoms with Crippen molar-refractivity contribution in [3.8, 4) is 5.75 Å². The van der Waals surface area contributed by atoms with Gasteiger partial charge in [0.05, 0.1) is 36.3 Å². The molecule has 12 heteroatoms. The monoisotopic (exact) mass is 597 g/mol. The number of carbonyl (C=O) groups excluding carboxylic acids is 2. The van der Waals surface area contributed by atoms with Crippen molar-refractivity contribution in [3.63, 3.8) is 0 Å². The summed E-state index contributed by atoms with van der Waals surface area (Å²) in [5.41, 5.74) is 2.56. The zero-order valence-electron chi connectivity index (χ0n) is 23.9. The van der Waals surface area contributed by atoms with E-state index in [0.717, 1.165) is 69.8 Å². The molecule has 1 aliphatic heterocycles. The number of nitrogens with one attached hydrogen (secondary N) is 1. The number of ether oxygens (including phenoxy) is 2. The molecule has 1 aromatic carbocycles. The molecule has 2 aliphatic rings. The van der Waals surface area contributed by atoms with Crippen molar-refractivity contribution < 1.29 is 23.9 Å². The van der Waals surface area contributed by atoms with Crippen molar-refractivity contribution in [3.05, 3.63) is 41.0 Å². The lowest BCUT2D eigenvalue weighted by atomic mass is 9.82. The number of thioether (sulfide) groups is 1. The summed E-state index contributed by atoms with van der Waals surface area (Å²) < 4.78 is 12.3. The van der Waals surface area contributed by atoms with Crippen molar-refractivity contribution in [1.82, 2.24) is 14.9 Å². The average Bonchev–Trinajstić information content (AvgIpc) is 3.38. The number of nitrogens with zero attached hydrogens (tertiary/aromatic N) is 4. The van der Waals surface area contributed by atoms with Crippen molar-refractivity contribution in [2.24, 2.45) is 11.1 Å². The number of rotatable bonds is 7. The Kier molecular flexibility index (Phi) is 8.69. The van der Waals surface area contributed by atoms with Crippen LogP contribution in [0.2, 0.25) is 0 Å². The number of methoxy groups -OCH3 is 1. The van der Waals surface area contributed by atoms with Crippen LogP contribution in [0.4, 0.5) is 10.5 Å². The molecule has 3 heterocycles. The van der Waals surface area contributed by atoms with Crippen LogP contribution < -0.4 is 10.1 Å². The van der Waals surface area contributed by atoms with E-state index in [1.807, 2.05) is 51.1 Å². The van der Waals surface area contributed by atoms with E-state index in [1.165, 1.54) is 0 Å². The number of pyridine rings is 1. The standard InChI is InChI=1S/C29H35N5O5S2/c1-29(2,3)39-28(36)34(16-18-11-14-20-26(31-18)41-23(35)15-30-20)19-12-9-17(10-13-19)24(33-38-5)27-32-25-21(37-4)7-6-8-22(25)40-27/h6-8,11,14,17,19,30H,9-10,12-13,15-16H2,1-5H3. The van der Waals surface area contributed by atoms with Gasteiger partial charge in [-0.3, -0.25) is 9.69 Å². The molecule has 1 fully saturated rings. The molecule has 218 valence electrons. The van der Waals surface area contributed by atoms with Crippen LogP contribution in [0.1, 0.15) is 57.2 Å². The highest BCUT2D eigenvalue weighted by Crippen LogP contribution is 2.36. The Labute approximate surface area is 247 Å². The van der Waals surface area contributed by atoms with Gasteiger partial charge in [-0.15, -0.1) is 11.3 Å². The number of hydrogen-bond acceptors (Lipinski definition) is 11. The molecule has 1 amide bonds. The number of oxime groups is 1. The van der Waals surface area contributed by atoms with E-state index in [2.05, 4.69) is 10.5 Å². The summed E-state index contributed by atoms with van der Waals surface area (Å²) in [4.78, 5) is 42.0. The summed E-state index contributed by atoms with van der Waals surface area (Å²) in [5, 5.41) is 8.98. The number of carbonyl (C=O) groups is 2. The van der Waals surface area contributed by atoms with Crippen LogP contribution in [-0.2, 0) is 20.9 Å². The third kappa shape index (κ3) is 6.75. The topological polar surface area (TPSA) is 115 Å². The summed E-state index contributed by atoms with van der Waals surface area (Å²) in [6.45, 7) is 6.18. The Hall–Kier alpha value is -3.38. The highest BCUT2D eigenvalue weighted by molar-refractivity contribution is 8.13. The summed E-state index contributed by atoms with van der Waals surface area (Å²) >= 11 is 2.71. The SMILES string of the molecule is CON=C(c1nc2c(OC)cccc2s1)C1CCC(N(Cc2ccc3c(n2)SC(=O)CN3)C(=O)OC(C)(C)C)CC1. The Bertz CT molecular complexity index is 1460. The van der Waals surface area contributed by atoms with E-state index in [9.17, 15) is 9.59 Å². The van der Waals surface area contributed by atoms with E-state index in [4.69, 9.17) is 24.3 Å². The molecule has 0 unspecified atom stereocenters. The van der Waals surface area contributed by atoms with Gasteiger partial charge in [0.2, 0.25) is 5.12 Å². The Morgan fingerprint density at radius 2 is 1.90 bits per heavy atom. The minimum atomic E-state index is -0.631. The van der Waals surface area contributed by atoms with E-state index >= 15 is 0 Å². The van der Waals surface area contributed by atoms with Gasteiger partial charge >= 0.3 is 6.09 Å². The molecular formula is C29H35N5O5S2. The normalized spacial score (nSPS) is 19.3. The van der Waals surface area contributed by atoms with E-state index in [1.54, 1.807) is 30.5 Å². The molecule has 5 rings (SSSR count). The Balaban J connectivity index is 1.35. The van der Waals surface area contributed by atoms with Gasteiger partial charge in [-0.1, -0.05) is 11.2 Å². The largest absolute Gasteiger partial charge is 0.494 e. The summed E-state index contributed by atoms with van der Waals surface area (Å²) in [6, 6.07) is 9.66. The van der Waals surface area contributed by atoms with E-state index < -0.39 is 5.60 Å². The molecule has 1 N–H and O–H groups in total. The zero-order chi connectivity index (χ0) is 29.1. The number of thiazole rings is 1. The first-order valence-electron chi connectivity index (χ1n) is 13.6. The van der Waals surface area contributed by atoms with Crippen LogP contribution in [0.25, 0.3) is 10.2 Å². The van der Waals surface area contributed by atoms with Crippen molar-refractivity contribution >= 4 is 55.9 Å². The van der Waals surface area contributed by atoms with Gasteiger partial charge in [-0.2, -0.15) is 0 Å². The lowest BCUT2D eigenvalue weighted by molar-refractivity contribution is -0.109. The summed E-state index contributed by atoms with van der Waals surface area (Å²) in [7, 11) is 3.20. The number of aromatic nitrogens is 2. The predicted octanol–water partition coefficient (Wildman–Crippen LogP) is 6.09. The van der Waals surface area contributed by atoms with Crippen LogP contribution >= 0.6 is 23.1 Å². The number of amides is 1. The van der Waals surface area contributed by atoms with Gasteiger partial charge in [0.25, 0.3) is 0 Å². The molecule has 0 saturated heterocycles. The first-order chi connectivity index (χ1) is 19.6. The quantitative estimate of drug-likeness (QED) is 0.255. The first kappa shape index (κ1) is 29.1. The lowest BCUT2D eigenvalue weighted by Crippen LogP contribution is -2.45. The fraction of sp³-hybridized carbons (Fsp3) is 0.483. The number of hydrogen-bond donors (Lipinski definition) is 1. The molecule has 0 spiro atoms.